The first kappa shape index (κ1) is 16.6. The maximum atomic E-state index is 12.0. The highest BCUT2D eigenvalue weighted by Gasteiger charge is 2.30. The monoisotopic (exact) mass is 316 g/mol. The van der Waals surface area contributed by atoms with Crippen molar-refractivity contribution in [3.8, 4) is 5.75 Å². The van der Waals surface area contributed by atoms with Crippen LogP contribution in [0.1, 0.15) is 24.8 Å². The van der Waals surface area contributed by atoms with E-state index >= 15 is 0 Å². The van der Waals surface area contributed by atoms with Gasteiger partial charge in [0.15, 0.2) is 0 Å². The Balaban J connectivity index is 1.75. The molecule has 0 aromatic heterocycles. The van der Waals surface area contributed by atoms with Crippen LogP contribution in [0, 0.1) is 0 Å². The lowest BCUT2D eigenvalue weighted by Gasteiger charge is -2.23. The first-order valence-corrected chi connectivity index (χ1v) is 7.27. The van der Waals surface area contributed by atoms with Gasteiger partial charge in [-0.15, -0.1) is 13.2 Å². The van der Waals surface area contributed by atoms with Gasteiger partial charge in [-0.2, -0.15) is 0 Å². The molecule has 1 aliphatic rings. The molecule has 1 aliphatic heterocycles. The number of alkyl halides is 3. The fourth-order valence-electron chi connectivity index (χ4n) is 2.38. The van der Waals surface area contributed by atoms with Crippen molar-refractivity contribution in [1.29, 1.82) is 0 Å². The number of hydrogen-bond donors (Lipinski definition) is 2. The summed E-state index contributed by atoms with van der Waals surface area (Å²) >= 11 is 0. The Kier molecular flexibility index (Phi) is 5.65. The Bertz CT molecular complexity index is 483. The van der Waals surface area contributed by atoms with Gasteiger partial charge < -0.3 is 15.4 Å². The number of amides is 1. The van der Waals surface area contributed by atoms with E-state index in [1.807, 2.05) is 0 Å². The van der Waals surface area contributed by atoms with Crippen LogP contribution < -0.4 is 15.4 Å². The van der Waals surface area contributed by atoms with Crippen LogP contribution in [0.4, 0.5) is 13.2 Å². The van der Waals surface area contributed by atoms with Crippen molar-refractivity contribution >= 4 is 5.91 Å². The van der Waals surface area contributed by atoms with Gasteiger partial charge in [0.05, 0.1) is 0 Å². The van der Waals surface area contributed by atoms with Gasteiger partial charge in [-0.25, -0.2) is 0 Å². The Morgan fingerprint density at radius 1 is 1.23 bits per heavy atom. The third-order valence-electron chi connectivity index (χ3n) is 3.50. The molecule has 122 valence electrons. The van der Waals surface area contributed by atoms with E-state index in [0.29, 0.717) is 12.8 Å². The third-order valence-corrected chi connectivity index (χ3v) is 3.50. The van der Waals surface area contributed by atoms with Crippen molar-refractivity contribution < 1.29 is 22.7 Å². The number of halogens is 3. The molecule has 0 spiro atoms. The van der Waals surface area contributed by atoms with Crippen LogP contribution >= 0.6 is 0 Å². The molecule has 1 heterocycles. The van der Waals surface area contributed by atoms with Gasteiger partial charge in [0.1, 0.15) is 5.75 Å². The average molecular weight is 316 g/mol. The minimum Gasteiger partial charge on any atom is -0.406 e. The van der Waals surface area contributed by atoms with Crippen LogP contribution in [0.25, 0.3) is 0 Å². The van der Waals surface area contributed by atoms with Crippen LogP contribution in [0.2, 0.25) is 0 Å². The van der Waals surface area contributed by atoms with Crippen molar-refractivity contribution in [2.24, 2.45) is 0 Å². The van der Waals surface area contributed by atoms with E-state index in [1.54, 1.807) is 12.1 Å². The number of ether oxygens (including phenoxy) is 1. The predicted molar refractivity (Wildman–Crippen MR) is 75.5 cm³/mol. The highest BCUT2D eigenvalue weighted by molar-refractivity contribution is 5.76. The van der Waals surface area contributed by atoms with Crippen LogP contribution in [0.15, 0.2) is 24.3 Å². The Labute approximate surface area is 127 Å². The van der Waals surface area contributed by atoms with Crippen molar-refractivity contribution in [3.63, 3.8) is 0 Å². The van der Waals surface area contributed by atoms with Crippen molar-refractivity contribution in [3.05, 3.63) is 29.8 Å². The zero-order chi connectivity index (χ0) is 16.0. The van der Waals surface area contributed by atoms with E-state index in [9.17, 15) is 18.0 Å². The summed E-state index contributed by atoms with van der Waals surface area (Å²) in [5, 5.41) is 6.20. The normalized spacial score (nSPS) is 16.3. The third kappa shape index (κ3) is 5.93. The molecule has 1 aromatic carbocycles. The van der Waals surface area contributed by atoms with Gasteiger partial charge in [0.2, 0.25) is 5.91 Å². The largest absolute Gasteiger partial charge is 0.573 e. The summed E-state index contributed by atoms with van der Waals surface area (Å²) in [6.07, 6.45) is -2.02. The second-order valence-corrected chi connectivity index (χ2v) is 5.28. The minimum absolute atomic E-state index is 0.0254. The van der Waals surface area contributed by atoms with Crippen LogP contribution in [0.5, 0.6) is 5.75 Å². The molecule has 0 unspecified atom stereocenters. The van der Waals surface area contributed by atoms with Crippen LogP contribution in [-0.4, -0.2) is 31.4 Å². The Hall–Kier alpha value is -1.76. The smallest absolute Gasteiger partial charge is 0.406 e. The first-order valence-electron chi connectivity index (χ1n) is 7.27. The highest BCUT2D eigenvalue weighted by atomic mass is 19.4. The van der Waals surface area contributed by atoms with Crippen LogP contribution in [0.3, 0.4) is 0 Å². The number of carbonyl (C=O) groups excluding carboxylic acids is 1. The zero-order valence-electron chi connectivity index (χ0n) is 12.1. The maximum absolute atomic E-state index is 12.0. The number of benzene rings is 1. The molecule has 22 heavy (non-hydrogen) atoms. The van der Waals surface area contributed by atoms with Crippen molar-refractivity contribution in [2.45, 2.75) is 38.1 Å². The second kappa shape index (κ2) is 7.49. The van der Waals surface area contributed by atoms with E-state index in [2.05, 4.69) is 15.4 Å². The van der Waals surface area contributed by atoms with E-state index in [0.717, 1.165) is 31.5 Å². The number of piperidine rings is 1. The molecule has 0 atom stereocenters. The molecular formula is C15H19F3N2O2. The van der Waals surface area contributed by atoms with Gasteiger partial charge in [0, 0.05) is 12.5 Å². The summed E-state index contributed by atoms with van der Waals surface area (Å²) in [7, 11) is 0. The van der Waals surface area contributed by atoms with Gasteiger partial charge in [-0.1, -0.05) is 12.1 Å². The van der Waals surface area contributed by atoms with Crippen LogP contribution in [-0.2, 0) is 11.2 Å². The molecule has 1 aromatic rings. The van der Waals surface area contributed by atoms with Gasteiger partial charge in [-0.3, -0.25) is 4.79 Å². The molecular weight excluding hydrogens is 297 g/mol. The van der Waals surface area contributed by atoms with Crippen molar-refractivity contribution in [1.82, 2.24) is 10.6 Å². The quantitative estimate of drug-likeness (QED) is 0.877. The average Bonchev–Trinajstić information content (AvgIpc) is 2.46. The molecule has 0 saturated carbocycles. The minimum atomic E-state index is -4.68. The lowest BCUT2D eigenvalue weighted by atomic mass is 10.1. The molecule has 7 heteroatoms. The van der Waals surface area contributed by atoms with E-state index in [-0.39, 0.29) is 17.7 Å². The number of aryl methyl sites for hydroxylation is 1. The SMILES string of the molecule is O=C(CCc1ccc(OC(F)(F)F)cc1)NC1CCNCC1. The van der Waals surface area contributed by atoms with Crippen molar-refractivity contribution in [2.75, 3.05) is 13.1 Å². The maximum Gasteiger partial charge on any atom is 0.573 e. The summed E-state index contributed by atoms with van der Waals surface area (Å²) in [6, 6.07) is 5.81. The molecule has 1 amide bonds. The molecule has 1 saturated heterocycles. The summed E-state index contributed by atoms with van der Waals surface area (Å²) in [5.41, 5.74) is 0.801. The number of hydrogen-bond acceptors (Lipinski definition) is 3. The van der Waals surface area contributed by atoms with Gasteiger partial charge >= 0.3 is 6.36 Å². The lowest BCUT2D eigenvalue weighted by molar-refractivity contribution is -0.274. The summed E-state index contributed by atoms with van der Waals surface area (Å²) < 4.78 is 39.9. The Morgan fingerprint density at radius 2 is 1.86 bits per heavy atom. The first-order chi connectivity index (χ1) is 10.4. The topological polar surface area (TPSA) is 50.4 Å². The molecule has 0 radical (unpaired) electrons. The lowest BCUT2D eigenvalue weighted by Crippen LogP contribution is -2.42. The molecule has 0 aliphatic carbocycles. The Morgan fingerprint density at radius 3 is 2.45 bits per heavy atom. The van der Waals surface area contributed by atoms with E-state index in [4.69, 9.17) is 0 Å². The number of carbonyl (C=O) groups is 1. The summed E-state index contributed by atoms with van der Waals surface area (Å²) in [5.74, 6) is -0.280. The molecule has 2 rings (SSSR count). The zero-order valence-corrected chi connectivity index (χ0v) is 12.1. The van der Waals surface area contributed by atoms with Gasteiger partial charge in [-0.05, 0) is 50.0 Å². The molecule has 2 N–H and O–H groups in total. The molecule has 0 bridgehead atoms. The fourth-order valence-corrected chi connectivity index (χ4v) is 2.38. The highest BCUT2D eigenvalue weighted by Crippen LogP contribution is 2.23. The van der Waals surface area contributed by atoms with Gasteiger partial charge in [0.25, 0.3) is 0 Å². The standard InChI is InChI=1S/C15H19F3N2O2/c16-15(17,18)22-13-4-1-11(2-5-13)3-6-14(21)20-12-7-9-19-10-8-12/h1-2,4-5,12,19H,3,6-10H2,(H,20,21). The van der Waals surface area contributed by atoms with E-state index < -0.39 is 6.36 Å². The second-order valence-electron chi connectivity index (χ2n) is 5.28. The number of nitrogens with one attached hydrogen (secondary N) is 2. The fraction of sp³-hybridized carbons (Fsp3) is 0.533. The van der Waals surface area contributed by atoms with E-state index in [1.165, 1.54) is 12.1 Å². The summed E-state index contributed by atoms with van der Waals surface area (Å²) in [4.78, 5) is 11.8. The summed E-state index contributed by atoms with van der Waals surface area (Å²) in [6.45, 7) is 1.82. The number of rotatable bonds is 5. The molecule has 1 fully saturated rings. The molecule has 4 nitrogen and oxygen atoms in total. The predicted octanol–water partition coefficient (Wildman–Crippen LogP) is 2.39.